The van der Waals surface area contributed by atoms with Crippen molar-refractivity contribution in [2.24, 2.45) is 0 Å². The lowest BCUT2D eigenvalue weighted by atomic mass is 9.77. The van der Waals surface area contributed by atoms with Gasteiger partial charge < -0.3 is 4.74 Å². The molecule has 0 N–H and O–H groups in total. The molecule has 0 aliphatic heterocycles. The van der Waals surface area contributed by atoms with Gasteiger partial charge in [0.2, 0.25) is 0 Å². The van der Waals surface area contributed by atoms with Crippen LogP contribution in [-0.4, -0.2) is 14.1 Å². The van der Waals surface area contributed by atoms with Gasteiger partial charge in [0.1, 0.15) is 17.3 Å². The van der Waals surface area contributed by atoms with Crippen molar-refractivity contribution in [1.82, 2.24) is 14.1 Å². The van der Waals surface area contributed by atoms with Gasteiger partial charge in [-0.2, -0.15) is 0 Å². The van der Waals surface area contributed by atoms with Gasteiger partial charge in [-0.25, -0.2) is 4.98 Å². The fourth-order valence-corrected chi connectivity index (χ4v) is 10.3. The van der Waals surface area contributed by atoms with Crippen molar-refractivity contribution in [3.8, 4) is 28.7 Å². The second-order valence-corrected chi connectivity index (χ2v) is 25.0. The van der Waals surface area contributed by atoms with E-state index >= 15 is 0 Å². The molecule has 5 nitrogen and oxygen atoms in total. The second-order valence-electron chi connectivity index (χ2n) is 25.0. The lowest BCUT2D eigenvalue weighted by molar-refractivity contribution is -0.611. The van der Waals surface area contributed by atoms with Crippen LogP contribution in [0.4, 0.5) is 0 Å². The molecule has 0 unspecified atom stereocenters. The number of rotatable bonds is 9. The predicted molar refractivity (Wildman–Crippen MR) is 297 cm³/mol. The lowest BCUT2D eigenvalue weighted by Crippen LogP contribution is -2.41. The Bertz CT molecular complexity index is 3410. The summed E-state index contributed by atoms with van der Waals surface area (Å²) >= 11 is 0. The maximum Gasteiger partial charge on any atom is 0.269 e. The Balaban J connectivity index is 1.26. The van der Waals surface area contributed by atoms with Crippen LogP contribution < -0.4 is 9.30 Å². The second kappa shape index (κ2) is 17.5. The van der Waals surface area contributed by atoms with E-state index in [0.717, 1.165) is 50.7 Å². The normalized spacial score (nSPS) is 13.1. The number of imidazole rings is 1. The van der Waals surface area contributed by atoms with Crippen molar-refractivity contribution in [3.05, 3.63) is 209 Å². The zero-order chi connectivity index (χ0) is 51.1. The molecule has 364 valence electrons. The third kappa shape index (κ3) is 9.37. The highest BCUT2D eigenvalue weighted by Crippen LogP contribution is 2.42. The topological polar surface area (TPSA) is 35.9 Å². The predicted octanol–water partition coefficient (Wildman–Crippen LogP) is 16.7. The standard InChI is InChI=1S/C66H74N4O/c1-61(2,3)46-30-33-56-55(39-46)54-32-31-52(42-57(54)70(56)58-40-47(34-35-67-58)62(4,5)6)71-53-38-49(66(15,16)45-26-21-18-22-27-45)37-51(41-53)69-43-68(59(63(7,8)9)60(69)64(10,11)12)50-29-23-28-48(36-50)65(13,14)44-24-19-17-20-25-44/h17-42H,1-16H3. The van der Waals surface area contributed by atoms with Gasteiger partial charge in [-0.05, 0) is 122 Å². The Labute approximate surface area is 424 Å². The first-order chi connectivity index (χ1) is 33.2. The number of pyridine rings is 1. The molecule has 0 atom stereocenters. The Morgan fingerprint density at radius 2 is 1.04 bits per heavy atom. The number of benzene rings is 6. The summed E-state index contributed by atoms with van der Waals surface area (Å²) in [5.41, 5.74) is 12.9. The lowest BCUT2D eigenvalue weighted by Gasteiger charge is -2.31. The molecule has 0 amide bonds. The van der Waals surface area contributed by atoms with Crippen molar-refractivity contribution in [2.75, 3.05) is 0 Å². The van der Waals surface area contributed by atoms with Crippen molar-refractivity contribution in [1.29, 1.82) is 0 Å². The molecule has 0 bridgehead atoms. The maximum absolute atomic E-state index is 7.21. The molecule has 3 heterocycles. The summed E-state index contributed by atoms with van der Waals surface area (Å²) in [5.74, 6) is 2.40. The summed E-state index contributed by atoms with van der Waals surface area (Å²) in [6.07, 6.45) is 5.93. The molecule has 0 radical (unpaired) electrons. The minimum absolute atomic E-state index is 0.00738. The van der Waals surface area contributed by atoms with Crippen LogP contribution in [0.3, 0.4) is 0 Å². The molecule has 5 heteroatoms. The van der Waals surface area contributed by atoms with E-state index in [1.165, 1.54) is 44.6 Å². The smallest absolute Gasteiger partial charge is 0.269 e. The summed E-state index contributed by atoms with van der Waals surface area (Å²) in [6, 6.07) is 55.3. The van der Waals surface area contributed by atoms with Crippen LogP contribution >= 0.6 is 0 Å². The van der Waals surface area contributed by atoms with E-state index in [4.69, 9.17) is 9.72 Å². The van der Waals surface area contributed by atoms with Gasteiger partial charge in [0.25, 0.3) is 6.33 Å². The first-order valence-electron chi connectivity index (χ1n) is 25.5. The number of fused-ring (bicyclic) bond motifs is 3. The van der Waals surface area contributed by atoms with Crippen molar-refractivity contribution in [2.45, 2.75) is 143 Å². The highest BCUT2D eigenvalue weighted by molar-refractivity contribution is 6.09. The van der Waals surface area contributed by atoms with Crippen LogP contribution in [-0.2, 0) is 32.5 Å². The summed E-state index contributed by atoms with van der Waals surface area (Å²) in [4.78, 5) is 5.01. The number of hydrogen-bond acceptors (Lipinski definition) is 2. The van der Waals surface area contributed by atoms with Crippen LogP contribution in [0.2, 0.25) is 0 Å². The van der Waals surface area contributed by atoms with E-state index in [2.05, 4.69) is 282 Å². The van der Waals surface area contributed by atoms with E-state index in [0.29, 0.717) is 0 Å². The number of hydrogen-bond donors (Lipinski definition) is 0. The van der Waals surface area contributed by atoms with Crippen LogP contribution in [0.1, 0.15) is 156 Å². The van der Waals surface area contributed by atoms with Gasteiger partial charge in [0.05, 0.1) is 33.8 Å². The average Bonchev–Trinajstić information content (AvgIpc) is 3.90. The number of ether oxygens (including phenoxy) is 1. The monoisotopic (exact) mass is 939 g/mol. The minimum Gasteiger partial charge on any atom is -0.458 e. The van der Waals surface area contributed by atoms with Gasteiger partial charge in [0, 0.05) is 33.9 Å². The van der Waals surface area contributed by atoms with Crippen LogP contribution in [0.5, 0.6) is 11.5 Å². The van der Waals surface area contributed by atoms with Crippen molar-refractivity contribution < 1.29 is 9.30 Å². The molecule has 0 fully saturated rings. The highest BCUT2D eigenvalue weighted by Gasteiger charge is 2.35. The highest BCUT2D eigenvalue weighted by atomic mass is 16.5. The van der Waals surface area contributed by atoms with Crippen molar-refractivity contribution >= 4 is 21.8 Å². The van der Waals surface area contributed by atoms with E-state index in [1.807, 2.05) is 6.20 Å². The Kier molecular flexibility index (Phi) is 12.2. The van der Waals surface area contributed by atoms with Gasteiger partial charge in [-0.15, -0.1) is 0 Å². The Hall–Kier alpha value is -6.72. The SMILES string of the molecule is CC(C)(C)c1ccnc(-n2c3ccc(C(C)(C)C)cc3c3ccc(Oc4cc(-n5[c-][n+](-c6cccc(C(C)(C)c7ccccc7)c6)c(C(C)(C)C)c5C(C)(C)C)cc(C(C)(C)c5ccccc5)c4)cc32)c1. The van der Waals surface area contributed by atoms with E-state index in [-0.39, 0.29) is 32.5 Å². The van der Waals surface area contributed by atoms with E-state index in [1.54, 1.807) is 0 Å². The van der Waals surface area contributed by atoms with Crippen LogP contribution in [0.15, 0.2) is 158 Å². The van der Waals surface area contributed by atoms with E-state index < -0.39 is 0 Å². The number of aromatic nitrogens is 4. The van der Waals surface area contributed by atoms with Crippen molar-refractivity contribution in [3.63, 3.8) is 0 Å². The molecule has 9 rings (SSSR count). The van der Waals surface area contributed by atoms with Crippen LogP contribution in [0.25, 0.3) is 39.0 Å². The van der Waals surface area contributed by atoms with Gasteiger partial charge in [0.15, 0.2) is 0 Å². The van der Waals surface area contributed by atoms with Gasteiger partial charge in [-0.1, -0.05) is 190 Å². The molecular formula is C66H74N4O. The fourth-order valence-electron chi connectivity index (χ4n) is 10.3. The molecule has 0 spiro atoms. The molecule has 0 aliphatic rings. The number of nitrogens with zero attached hydrogens (tertiary/aromatic N) is 4. The molecular weight excluding hydrogens is 865 g/mol. The van der Waals surface area contributed by atoms with Gasteiger partial charge >= 0.3 is 0 Å². The first kappa shape index (κ1) is 49.3. The fraction of sp³-hybridized carbons (Fsp3) is 0.333. The van der Waals surface area contributed by atoms with Gasteiger partial charge in [-0.3, -0.25) is 13.7 Å². The summed E-state index contributed by atoms with van der Waals surface area (Å²) in [6.45, 7) is 36.8. The Morgan fingerprint density at radius 1 is 0.437 bits per heavy atom. The quantitative estimate of drug-likeness (QED) is 0.107. The summed E-state index contributed by atoms with van der Waals surface area (Å²) in [5, 5.41) is 2.36. The van der Waals surface area contributed by atoms with E-state index in [9.17, 15) is 0 Å². The Morgan fingerprint density at radius 3 is 1.65 bits per heavy atom. The minimum atomic E-state index is -0.366. The molecule has 6 aromatic carbocycles. The maximum atomic E-state index is 7.21. The summed E-state index contributed by atoms with van der Waals surface area (Å²) in [7, 11) is 0. The zero-order valence-corrected chi connectivity index (χ0v) is 45.2. The molecule has 0 aliphatic carbocycles. The third-order valence-corrected chi connectivity index (χ3v) is 14.7. The molecule has 0 saturated heterocycles. The first-order valence-corrected chi connectivity index (χ1v) is 25.5. The zero-order valence-electron chi connectivity index (χ0n) is 45.2. The largest absolute Gasteiger partial charge is 0.458 e. The molecule has 0 saturated carbocycles. The summed E-state index contributed by atoms with van der Waals surface area (Å²) < 4.78 is 14.2. The third-order valence-electron chi connectivity index (χ3n) is 14.7. The molecule has 71 heavy (non-hydrogen) atoms. The molecule has 3 aromatic heterocycles. The average molecular weight is 939 g/mol. The van der Waals surface area contributed by atoms with Crippen LogP contribution in [0, 0.1) is 6.33 Å². The molecule has 9 aromatic rings.